The Kier molecular flexibility index (Phi) is 4.63. The molecule has 0 spiro atoms. The number of nitrogens with zero attached hydrogens (tertiary/aromatic N) is 5. The van der Waals surface area contributed by atoms with E-state index in [0.717, 1.165) is 12.1 Å². The summed E-state index contributed by atoms with van der Waals surface area (Å²) in [7, 11) is 3.31. The van der Waals surface area contributed by atoms with Crippen LogP contribution in [0.4, 0.5) is 0 Å². The van der Waals surface area contributed by atoms with Crippen LogP contribution in [0, 0.1) is 0 Å². The molecule has 0 saturated carbocycles. The Morgan fingerprint density at radius 2 is 2.26 bits per heavy atom. The molecule has 0 unspecified atom stereocenters. The molecule has 23 heavy (non-hydrogen) atoms. The monoisotopic (exact) mass is 317 g/mol. The SMILES string of the molecule is COC[C@@H]1C[C@H](OC)CN1C(=O)c1cccc(-n2cnnn2)c1. The summed E-state index contributed by atoms with van der Waals surface area (Å²) in [5.41, 5.74) is 1.34. The quantitative estimate of drug-likeness (QED) is 0.800. The molecule has 1 aromatic carbocycles. The fraction of sp³-hybridized carbons (Fsp3) is 0.467. The molecule has 1 aromatic heterocycles. The minimum atomic E-state index is -0.0403. The van der Waals surface area contributed by atoms with Crippen molar-refractivity contribution < 1.29 is 14.3 Å². The maximum Gasteiger partial charge on any atom is 0.254 e. The van der Waals surface area contributed by atoms with E-state index in [-0.39, 0.29) is 18.1 Å². The molecule has 0 radical (unpaired) electrons. The molecule has 1 aliphatic rings. The van der Waals surface area contributed by atoms with Crippen LogP contribution in [0.3, 0.4) is 0 Å². The zero-order chi connectivity index (χ0) is 16.2. The van der Waals surface area contributed by atoms with Crippen molar-refractivity contribution >= 4 is 5.91 Å². The van der Waals surface area contributed by atoms with Gasteiger partial charge in [0.2, 0.25) is 0 Å². The number of rotatable bonds is 5. The molecule has 122 valence electrons. The second-order valence-electron chi connectivity index (χ2n) is 5.46. The first kappa shape index (κ1) is 15.6. The second-order valence-corrected chi connectivity index (χ2v) is 5.46. The van der Waals surface area contributed by atoms with Crippen molar-refractivity contribution in [3.05, 3.63) is 36.2 Å². The van der Waals surface area contributed by atoms with Crippen LogP contribution in [-0.2, 0) is 9.47 Å². The van der Waals surface area contributed by atoms with Crippen LogP contribution in [0.2, 0.25) is 0 Å². The van der Waals surface area contributed by atoms with Crippen molar-refractivity contribution in [2.45, 2.75) is 18.6 Å². The molecule has 2 aromatic rings. The van der Waals surface area contributed by atoms with E-state index in [0.29, 0.717) is 18.7 Å². The number of aromatic nitrogens is 4. The summed E-state index contributed by atoms with van der Waals surface area (Å²) in [5, 5.41) is 11.1. The van der Waals surface area contributed by atoms with Crippen LogP contribution in [0.1, 0.15) is 16.8 Å². The number of hydrogen-bond donors (Lipinski definition) is 0. The van der Waals surface area contributed by atoms with Gasteiger partial charge < -0.3 is 14.4 Å². The molecule has 1 saturated heterocycles. The van der Waals surface area contributed by atoms with E-state index < -0.39 is 0 Å². The normalized spacial score (nSPS) is 20.9. The summed E-state index contributed by atoms with van der Waals surface area (Å²) >= 11 is 0. The zero-order valence-electron chi connectivity index (χ0n) is 13.1. The van der Waals surface area contributed by atoms with Gasteiger partial charge in [-0.2, -0.15) is 0 Å². The average molecular weight is 317 g/mol. The fourth-order valence-corrected chi connectivity index (χ4v) is 2.87. The van der Waals surface area contributed by atoms with Crippen LogP contribution in [0.15, 0.2) is 30.6 Å². The molecule has 8 nitrogen and oxygen atoms in total. The van der Waals surface area contributed by atoms with Gasteiger partial charge in [0, 0.05) is 26.3 Å². The summed E-state index contributed by atoms with van der Waals surface area (Å²) < 4.78 is 12.2. The lowest BCUT2D eigenvalue weighted by Crippen LogP contribution is -2.38. The van der Waals surface area contributed by atoms with E-state index in [9.17, 15) is 4.79 Å². The number of tetrazole rings is 1. The van der Waals surface area contributed by atoms with Crippen molar-refractivity contribution in [2.75, 3.05) is 27.4 Å². The van der Waals surface area contributed by atoms with Crippen LogP contribution >= 0.6 is 0 Å². The van der Waals surface area contributed by atoms with Crippen molar-refractivity contribution in [3.63, 3.8) is 0 Å². The molecule has 1 amide bonds. The van der Waals surface area contributed by atoms with Gasteiger partial charge in [0.15, 0.2) is 0 Å². The van der Waals surface area contributed by atoms with Crippen LogP contribution in [-0.4, -0.2) is 70.5 Å². The number of carbonyl (C=O) groups is 1. The molecule has 2 atom stereocenters. The lowest BCUT2D eigenvalue weighted by molar-refractivity contribution is 0.0612. The van der Waals surface area contributed by atoms with E-state index in [2.05, 4.69) is 15.5 Å². The summed E-state index contributed by atoms with van der Waals surface area (Å²) in [6, 6.07) is 7.26. The highest BCUT2D eigenvalue weighted by atomic mass is 16.5. The summed E-state index contributed by atoms with van der Waals surface area (Å²) in [6.07, 6.45) is 2.32. The smallest absolute Gasteiger partial charge is 0.254 e. The van der Waals surface area contributed by atoms with Crippen LogP contribution in [0.25, 0.3) is 5.69 Å². The van der Waals surface area contributed by atoms with E-state index in [1.54, 1.807) is 26.4 Å². The zero-order valence-corrected chi connectivity index (χ0v) is 13.1. The fourth-order valence-electron chi connectivity index (χ4n) is 2.87. The number of carbonyl (C=O) groups excluding carboxylic acids is 1. The number of ether oxygens (including phenoxy) is 2. The highest BCUT2D eigenvalue weighted by Gasteiger charge is 2.35. The maximum absolute atomic E-state index is 12.9. The maximum atomic E-state index is 12.9. The predicted octanol–water partition coefficient (Wildman–Crippen LogP) is 0.538. The summed E-state index contributed by atoms with van der Waals surface area (Å²) in [6.45, 7) is 1.07. The number of benzene rings is 1. The second kappa shape index (κ2) is 6.84. The molecule has 2 heterocycles. The largest absolute Gasteiger partial charge is 0.383 e. The third-order valence-electron chi connectivity index (χ3n) is 4.04. The molecule has 8 heteroatoms. The minimum Gasteiger partial charge on any atom is -0.383 e. The molecule has 0 aliphatic carbocycles. The van der Waals surface area contributed by atoms with Gasteiger partial charge >= 0.3 is 0 Å². The van der Waals surface area contributed by atoms with E-state index >= 15 is 0 Å². The van der Waals surface area contributed by atoms with Crippen LogP contribution in [0.5, 0.6) is 0 Å². The van der Waals surface area contributed by atoms with E-state index in [4.69, 9.17) is 9.47 Å². The molecule has 0 bridgehead atoms. The third kappa shape index (κ3) is 3.22. The molecule has 0 N–H and O–H groups in total. The Morgan fingerprint density at radius 3 is 2.96 bits per heavy atom. The number of methoxy groups -OCH3 is 2. The van der Waals surface area contributed by atoms with Gasteiger partial charge in [-0.1, -0.05) is 6.07 Å². The van der Waals surface area contributed by atoms with Gasteiger partial charge in [0.1, 0.15) is 6.33 Å². The van der Waals surface area contributed by atoms with E-state index in [1.165, 1.54) is 11.0 Å². The average Bonchev–Trinajstić information content (AvgIpc) is 3.24. The van der Waals surface area contributed by atoms with Crippen molar-refractivity contribution in [3.8, 4) is 5.69 Å². The van der Waals surface area contributed by atoms with Crippen molar-refractivity contribution in [1.29, 1.82) is 0 Å². The predicted molar refractivity (Wildman–Crippen MR) is 81.3 cm³/mol. The van der Waals surface area contributed by atoms with Gasteiger partial charge in [-0.05, 0) is 35.0 Å². The molecule has 3 rings (SSSR count). The van der Waals surface area contributed by atoms with E-state index in [1.807, 2.05) is 17.0 Å². The Morgan fingerprint density at radius 1 is 1.39 bits per heavy atom. The van der Waals surface area contributed by atoms with Gasteiger partial charge in [0.05, 0.1) is 24.4 Å². The standard InChI is InChI=1S/C15H19N5O3/c1-22-9-13-7-14(23-2)8-19(13)15(21)11-4-3-5-12(6-11)20-10-16-17-18-20/h3-6,10,13-14H,7-9H2,1-2H3/t13-,14-/m0/s1. The van der Waals surface area contributed by atoms with Crippen LogP contribution < -0.4 is 0 Å². The Bertz CT molecular complexity index is 661. The lowest BCUT2D eigenvalue weighted by atomic mass is 10.1. The molecule has 1 aliphatic heterocycles. The highest BCUT2D eigenvalue weighted by molar-refractivity contribution is 5.95. The van der Waals surface area contributed by atoms with Gasteiger partial charge in [-0.25, -0.2) is 4.68 Å². The lowest BCUT2D eigenvalue weighted by Gasteiger charge is -2.24. The first-order valence-corrected chi connectivity index (χ1v) is 7.39. The topological polar surface area (TPSA) is 82.4 Å². The first-order valence-electron chi connectivity index (χ1n) is 7.39. The molecular weight excluding hydrogens is 298 g/mol. The Labute approximate surface area is 134 Å². The number of hydrogen-bond acceptors (Lipinski definition) is 6. The first-order chi connectivity index (χ1) is 11.2. The minimum absolute atomic E-state index is 0.0224. The highest BCUT2D eigenvalue weighted by Crippen LogP contribution is 2.23. The Hall–Kier alpha value is -2.32. The third-order valence-corrected chi connectivity index (χ3v) is 4.04. The van der Waals surface area contributed by atoms with Gasteiger partial charge in [-0.3, -0.25) is 4.79 Å². The van der Waals surface area contributed by atoms with Gasteiger partial charge in [0.25, 0.3) is 5.91 Å². The molecule has 1 fully saturated rings. The number of amides is 1. The molecular formula is C15H19N5O3. The summed E-state index contributed by atoms with van der Waals surface area (Å²) in [4.78, 5) is 14.7. The summed E-state index contributed by atoms with van der Waals surface area (Å²) in [5.74, 6) is -0.0403. The van der Waals surface area contributed by atoms with Crippen molar-refractivity contribution in [1.82, 2.24) is 25.1 Å². The Balaban J connectivity index is 1.83. The number of likely N-dealkylation sites (tertiary alicyclic amines) is 1. The van der Waals surface area contributed by atoms with Gasteiger partial charge in [-0.15, -0.1) is 5.10 Å². The van der Waals surface area contributed by atoms with Crippen molar-refractivity contribution in [2.24, 2.45) is 0 Å².